The van der Waals surface area contributed by atoms with Gasteiger partial charge in [-0.2, -0.15) is 0 Å². The van der Waals surface area contributed by atoms with Gasteiger partial charge in [-0.15, -0.1) is 0 Å². The van der Waals surface area contributed by atoms with Crippen molar-refractivity contribution in [1.29, 1.82) is 0 Å². The molecule has 0 aliphatic rings. The molecule has 1 N–H and O–H groups in total. The molecule has 0 saturated carbocycles. The maximum absolute atomic E-state index is 12.2. The average Bonchev–Trinajstić information content (AvgIpc) is 3.23. The molecule has 1 atom stereocenters. The number of rotatable bonds is 43. The number of unbranched alkanes of at least 4 members (excludes halogenated alkanes) is 21. The second kappa shape index (κ2) is 48.4. The summed E-state index contributed by atoms with van der Waals surface area (Å²) >= 11 is 0. The van der Waals surface area contributed by atoms with Gasteiger partial charge >= 0.3 is 11.9 Å². The highest BCUT2D eigenvalue weighted by Gasteiger charge is 2.16. The molecule has 332 valence electrons. The van der Waals surface area contributed by atoms with Gasteiger partial charge in [-0.25, -0.2) is 0 Å². The lowest BCUT2D eigenvalue weighted by atomic mass is 10.0. The van der Waals surface area contributed by atoms with Crippen LogP contribution in [0.5, 0.6) is 0 Å². The molecule has 0 aliphatic carbocycles. The van der Waals surface area contributed by atoms with Crippen molar-refractivity contribution in [2.75, 3.05) is 13.2 Å². The Morgan fingerprint density at radius 3 is 1.12 bits per heavy atom. The van der Waals surface area contributed by atoms with Crippen molar-refractivity contribution in [3.63, 3.8) is 0 Å². The van der Waals surface area contributed by atoms with Crippen LogP contribution in [0.4, 0.5) is 0 Å². The molecule has 0 rings (SSSR count). The van der Waals surface area contributed by atoms with E-state index < -0.39 is 6.10 Å². The van der Waals surface area contributed by atoms with E-state index in [2.05, 4.69) is 98.9 Å². The van der Waals surface area contributed by atoms with Gasteiger partial charge in [-0.05, 0) is 70.6 Å². The first-order valence-corrected chi connectivity index (χ1v) is 24.1. The van der Waals surface area contributed by atoms with E-state index in [9.17, 15) is 14.7 Å². The van der Waals surface area contributed by atoms with Crippen molar-refractivity contribution in [2.24, 2.45) is 0 Å². The molecule has 1 unspecified atom stereocenters. The second-order valence-electron chi connectivity index (χ2n) is 15.8. The van der Waals surface area contributed by atoms with Gasteiger partial charge in [-0.1, -0.05) is 221 Å². The largest absolute Gasteiger partial charge is 0.462 e. The summed E-state index contributed by atoms with van der Waals surface area (Å²) in [6.45, 7) is 4.02. The first-order valence-electron chi connectivity index (χ1n) is 24.1. The maximum Gasteiger partial charge on any atom is 0.306 e. The van der Waals surface area contributed by atoms with Crippen molar-refractivity contribution in [3.05, 3.63) is 85.1 Å². The standard InChI is InChI=1S/C53H90O5/c1-3-5-7-9-11-13-15-17-19-21-22-23-24-25-26-27-28-29-30-32-34-36-38-40-42-44-46-48-53(56)58-51(49-54)50-57-52(55)47-45-43-41-39-37-35-33-31-20-18-16-14-12-10-8-6-4-2/h5,7,11,13,17,19,22-23,25-26,28-29,32,34,51,54H,3-4,6,8-10,12,14-16,18,20-21,24,27,30-31,33,35-50H2,1-2H3/b7-5-,13-11-,19-17-,23-22-,26-25-,29-28-,34-32-. The molecule has 0 aromatic heterocycles. The van der Waals surface area contributed by atoms with Gasteiger partial charge in [0.05, 0.1) is 6.61 Å². The van der Waals surface area contributed by atoms with E-state index in [1.807, 2.05) is 0 Å². The van der Waals surface area contributed by atoms with Crippen molar-refractivity contribution < 1.29 is 24.2 Å². The Kier molecular flexibility index (Phi) is 46.0. The zero-order valence-corrected chi connectivity index (χ0v) is 37.8. The van der Waals surface area contributed by atoms with Gasteiger partial charge in [-0.3, -0.25) is 9.59 Å². The zero-order chi connectivity index (χ0) is 42.1. The number of ether oxygens (including phenoxy) is 2. The molecule has 0 aliphatic heterocycles. The van der Waals surface area contributed by atoms with Crippen molar-refractivity contribution in [1.82, 2.24) is 0 Å². The van der Waals surface area contributed by atoms with E-state index in [0.717, 1.165) is 103 Å². The van der Waals surface area contributed by atoms with Gasteiger partial charge < -0.3 is 14.6 Å². The molecule has 5 nitrogen and oxygen atoms in total. The monoisotopic (exact) mass is 807 g/mol. The van der Waals surface area contributed by atoms with Gasteiger partial charge in [0.25, 0.3) is 0 Å². The van der Waals surface area contributed by atoms with Crippen LogP contribution in [0.3, 0.4) is 0 Å². The van der Waals surface area contributed by atoms with Crippen LogP contribution in [0, 0.1) is 0 Å². The van der Waals surface area contributed by atoms with Crippen LogP contribution in [0.15, 0.2) is 85.1 Å². The van der Waals surface area contributed by atoms with Crippen LogP contribution in [-0.2, 0) is 19.1 Å². The normalized spacial score (nSPS) is 12.9. The summed E-state index contributed by atoms with van der Waals surface area (Å²) in [5, 5.41) is 9.61. The SMILES string of the molecule is CC/C=C\C/C=C\C/C=C\C/C=C\C/C=C\C/C=C\C/C=C\CCCCCCCC(=O)OC(CO)COC(=O)CCCCCCCCCCCCCCCCCCC. The van der Waals surface area contributed by atoms with Gasteiger partial charge in [0.1, 0.15) is 6.61 Å². The van der Waals surface area contributed by atoms with Crippen LogP contribution in [0.25, 0.3) is 0 Å². The molecule has 58 heavy (non-hydrogen) atoms. The number of hydrogen-bond donors (Lipinski definition) is 1. The summed E-state index contributed by atoms with van der Waals surface area (Å²) in [5.41, 5.74) is 0. The molecule has 0 aromatic carbocycles. The van der Waals surface area contributed by atoms with E-state index in [1.165, 1.54) is 89.9 Å². The van der Waals surface area contributed by atoms with Crippen molar-refractivity contribution in [2.45, 2.75) is 225 Å². The molecular weight excluding hydrogens is 717 g/mol. The molecule has 0 heterocycles. The summed E-state index contributed by atoms with van der Waals surface area (Å²) < 4.78 is 10.6. The third kappa shape index (κ3) is 45.8. The van der Waals surface area contributed by atoms with Gasteiger partial charge in [0, 0.05) is 12.8 Å². The Bertz CT molecular complexity index is 1090. The molecule has 5 heteroatoms. The minimum atomic E-state index is -0.785. The number of hydrogen-bond acceptors (Lipinski definition) is 5. The smallest absolute Gasteiger partial charge is 0.306 e. The Balaban J connectivity index is 3.61. The minimum Gasteiger partial charge on any atom is -0.462 e. The van der Waals surface area contributed by atoms with Crippen molar-refractivity contribution in [3.8, 4) is 0 Å². The van der Waals surface area contributed by atoms with E-state index >= 15 is 0 Å². The summed E-state index contributed by atoms with van der Waals surface area (Å²) in [6, 6.07) is 0. The molecular formula is C53H90O5. The van der Waals surface area contributed by atoms with Crippen LogP contribution < -0.4 is 0 Å². The first kappa shape index (κ1) is 55.1. The van der Waals surface area contributed by atoms with E-state index in [-0.39, 0.29) is 25.2 Å². The van der Waals surface area contributed by atoms with E-state index in [1.54, 1.807) is 0 Å². The molecule has 0 saturated heterocycles. The summed E-state index contributed by atoms with van der Waals surface area (Å²) in [5.74, 6) is -0.611. The molecule has 0 fully saturated rings. The van der Waals surface area contributed by atoms with E-state index in [0.29, 0.717) is 12.8 Å². The molecule has 0 amide bonds. The number of aliphatic hydroxyl groups is 1. The predicted molar refractivity (Wildman–Crippen MR) is 251 cm³/mol. The highest BCUT2D eigenvalue weighted by molar-refractivity contribution is 5.70. The third-order valence-corrected chi connectivity index (χ3v) is 10.2. The highest BCUT2D eigenvalue weighted by Crippen LogP contribution is 2.15. The zero-order valence-electron chi connectivity index (χ0n) is 37.8. The predicted octanol–water partition coefficient (Wildman–Crippen LogP) is 15.9. The highest BCUT2D eigenvalue weighted by atomic mass is 16.6. The summed E-state index contributed by atoms with van der Waals surface area (Å²) in [4.78, 5) is 24.4. The fourth-order valence-corrected chi connectivity index (χ4v) is 6.59. The average molecular weight is 807 g/mol. The molecule has 0 spiro atoms. The number of carbonyl (C=O) groups excluding carboxylic acids is 2. The fourth-order valence-electron chi connectivity index (χ4n) is 6.59. The lowest BCUT2D eigenvalue weighted by Gasteiger charge is -2.15. The molecule has 0 radical (unpaired) electrons. The number of esters is 2. The van der Waals surface area contributed by atoms with Crippen molar-refractivity contribution >= 4 is 11.9 Å². The molecule has 0 bridgehead atoms. The quantitative estimate of drug-likeness (QED) is 0.0377. The van der Waals surface area contributed by atoms with Crippen LogP contribution in [0.2, 0.25) is 0 Å². The Morgan fingerprint density at radius 1 is 0.414 bits per heavy atom. The number of carbonyl (C=O) groups is 2. The van der Waals surface area contributed by atoms with Crippen LogP contribution >= 0.6 is 0 Å². The van der Waals surface area contributed by atoms with Crippen LogP contribution in [0.1, 0.15) is 219 Å². The Morgan fingerprint density at radius 2 is 0.741 bits per heavy atom. The fraction of sp³-hybridized carbons (Fsp3) is 0.698. The maximum atomic E-state index is 12.2. The second-order valence-corrected chi connectivity index (χ2v) is 15.8. The minimum absolute atomic E-state index is 0.0758. The Hall–Kier alpha value is -2.92. The lowest BCUT2D eigenvalue weighted by Crippen LogP contribution is -2.28. The number of aliphatic hydroxyl groups excluding tert-OH is 1. The van der Waals surface area contributed by atoms with Gasteiger partial charge in [0.15, 0.2) is 6.10 Å². The summed E-state index contributed by atoms with van der Waals surface area (Å²) in [6.07, 6.45) is 66.6. The van der Waals surface area contributed by atoms with E-state index in [4.69, 9.17) is 9.47 Å². The topological polar surface area (TPSA) is 72.8 Å². The number of allylic oxidation sites excluding steroid dienone is 14. The third-order valence-electron chi connectivity index (χ3n) is 10.2. The molecule has 0 aromatic rings. The lowest BCUT2D eigenvalue weighted by molar-refractivity contribution is -0.161. The Labute approximate surface area is 358 Å². The summed E-state index contributed by atoms with van der Waals surface area (Å²) in [7, 11) is 0. The first-order chi connectivity index (χ1) is 28.6. The van der Waals surface area contributed by atoms with Crippen LogP contribution in [-0.4, -0.2) is 36.4 Å². The van der Waals surface area contributed by atoms with Gasteiger partial charge in [0.2, 0.25) is 0 Å².